The lowest BCUT2D eigenvalue weighted by Gasteiger charge is -2.26. The zero-order chi connectivity index (χ0) is 12.0. The van der Waals surface area contributed by atoms with Gasteiger partial charge in [0.2, 0.25) is 0 Å². The quantitative estimate of drug-likeness (QED) is 0.594. The molecule has 3 heteroatoms. The molecular formula is C13H18O3. The van der Waals surface area contributed by atoms with Crippen LogP contribution in [0.3, 0.4) is 0 Å². The molecular weight excluding hydrogens is 204 g/mol. The van der Waals surface area contributed by atoms with E-state index >= 15 is 0 Å². The Morgan fingerprint density at radius 2 is 2.06 bits per heavy atom. The van der Waals surface area contributed by atoms with E-state index in [2.05, 4.69) is 6.58 Å². The minimum absolute atomic E-state index is 0.357. The average Bonchev–Trinajstić information content (AvgIpc) is 2.17. The van der Waals surface area contributed by atoms with Gasteiger partial charge in [-0.25, -0.2) is 0 Å². The van der Waals surface area contributed by atoms with Crippen molar-refractivity contribution in [2.75, 3.05) is 0 Å². The molecule has 16 heavy (non-hydrogen) atoms. The van der Waals surface area contributed by atoms with Gasteiger partial charge in [0, 0.05) is 6.42 Å². The highest BCUT2D eigenvalue weighted by molar-refractivity contribution is 5.20. The van der Waals surface area contributed by atoms with E-state index in [9.17, 15) is 5.11 Å². The van der Waals surface area contributed by atoms with Crippen molar-refractivity contribution in [2.24, 2.45) is 0 Å². The van der Waals surface area contributed by atoms with Crippen LogP contribution in [-0.4, -0.2) is 17.2 Å². The number of ether oxygens (including phenoxy) is 2. The first-order chi connectivity index (χ1) is 7.53. The fourth-order valence-electron chi connectivity index (χ4n) is 1.39. The van der Waals surface area contributed by atoms with Crippen LogP contribution in [-0.2, 0) is 4.74 Å². The van der Waals surface area contributed by atoms with Crippen molar-refractivity contribution in [1.82, 2.24) is 0 Å². The highest BCUT2D eigenvalue weighted by Gasteiger charge is 2.22. The van der Waals surface area contributed by atoms with Gasteiger partial charge in [0.25, 0.3) is 0 Å². The largest absolute Gasteiger partial charge is 0.465 e. The summed E-state index contributed by atoms with van der Waals surface area (Å²) in [5.74, 6) is -0.528. The van der Waals surface area contributed by atoms with Crippen molar-refractivity contribution in [1.29, 1.82) is 0 Å². The molecule has 88 valence electrons. The first-order valence-electron chi connectivity index (χ1n) is 5.26. The van der Waals surface area contributed by atoms with Crippen LogP contribution in [0.1, 0.15) is 20.3 Å². The topological polar surface area (TPSA) is 38.7 Å². The molecule has 0 saturated heterocycles. The maximum Gasteiger partial charge on any atom is 0.200 e. The van der Waals surface area contributed by atoms with Crippen molar-refractivity contribution >= 4 is 0 Å². The molecule has 0 saturated carbocycles. The molecule has 0 aliphatic heterocycles. The van der Waals surface area contributed by atoms with E-state index in [1.54, 1.807) is 19.9 Å². The molecule has 3 nitrogen and oxygen atoms in total. The standard InChI is InChI=1S/C13H18O3/c1-4-10-13(3,14)16-11(2)15-12-8-6-5-7-9-12/h4-9,11,14H,1,10H2,2-3H3. The average molecular weight is 222 g/mol. The summed E-state index contributed by atoms with van der Waals surface area (Å²) in [5.41, 5.74) is 0. The number of benzene rings is 1. The fraction of sp³-hybridized carbons (Fsp3) is 0.385. The van der Waals surface area contributed by atoms with Gasteiger partial charge in [0.05, 0.1) is 0 Å². The van der Waals surface area contributed by atoms with Crippen molar-refractivity contribution < 1.29 is 14.6 Å². The molecule has 0 bridgehead atoms. The molecule has 0 amide bonds. The molecule has 0 spiro atoms. The zero-order valence-corrected chi connectivity index (χ0v) is 9.72. The summed E-state index contributed by atoms with van der Waals surface area (Å²) in [6.45, 7) is 6.88. The molecule has 1 aromatic rings. The van der Waals surface area contributed by atoms with Crippen LogP contribution >= 0.6 is 0 Å². The summed E-state index contributed by atoms with van der Waals surface area (Å²) in [4.78, 5) is 0. The van der Waals surface area contributed by atoms with Crippen LogP contribution in [0.25, 0.3) is 0 Å². The lowest BCUT2D eigenvalue weighted by molar-refractivity contribution is -0.253. The number of aliphatic hydroxyl groups is 1. The van der Waals surface area contributed by atoms with Crippen LogP contribution in [0.2, 0.25) is 0 Å². The van der Waals surface area contributed by atoms with Crippen molar-refractivity contribution in [3.63, 3.8) is 0 Å². The summed E-state index contributed by atoms with van der Waals surface area (Å²) < 4.78 is 10.8. The maximum atomic E-state index is 9.79. The van der Waals surface area contributed by atoms with E-state index in [4.69, 9.17) is 9.47 Å². The second kappa shape index (κ2) is 5.68. The Balaban J connectivity index is 2.47. The maximum absolute atomic E-state index is 9.79. The zero-order valence-electron chi connectivity index (χ0n) is 9.72. The molecule has 0 heterocycles. The summed E-state index contributed by atoms with van der Waals surface area (Å²) in [7, 11) is 0. The van der Waals surface area contributed by atoms with Gasteiger partial charge >= 0.3 is 0 Å². The van der Waals surface area contributed by atoms with Crippen LogP contribution in [0.15, 0.2) is 43.0 Å². The number of para-hydroxylation sites is 1. The number of rotatable bonds is 6. The monoisotopic (exact) mass is 222 g/mol. The minimum Gasteiger partial charge on any atom is -0.465 e. The minimum atomic E-state index is -1.24. The van der Waals surface area contributed by atoms with Crippen LogP contribution in [0.4, 0.5) is 0 Å². The van der Waals surface area contributed by atoms with Crippen molar-refractivity contribution in [2.45, 2.75) is 32.3 Å². The van der Waals surface area contributed by atoms with Gasteiger partial charge in [-0.1, -0.05) is 24.3 Å². The van der Waals surface area contributed by atoms with Crippen LogP contribution in [0.5, 0.6) is 5.75 Å². The Kier molecular flexibility index (Phi) is 4.52. The molecule has 2 atom stereocenters. The van der Waals surface area contributed by atoms with E-state index in [0.717, 1.165) is 0 Å². The Bertz CT molecular complexity index is 319. The smallest absolute Gasteiger partial charge is 0.200 e. The van der Waals surface area contributed by atoms with Gasteiger partial charge in [-0.15, -0.1) is 6.58 Å². The van der Waals surface area contributed by atoms with E-state index in [1.807, 2.05) is 30.3 Å². The van der Waals surface area contributed by atoms with Gasteiger partial charge in [-0.05, 0) is 26.0 Å². The molecule has 0 fully saturated rings. The molecule has 0 aromatic heterocycles. The molecule has 1 aromatic carbocycles. The van der Waals surface area contributed by atoms with Gasteiger partial charge in [-0.2, -0.15) is 0 Å². The third-order valence-corrected chi connectivity index (χ3v) is 1.99. The molecule has 2 unspecified atom stereocenters. The Hall–Kier alpha value is -1.32. The first kappa shape index (κ1) is 12.7. The van der Waals surface area contributed by atoms with E-state index in [1.165, 1.54) is 0 Å². The Labute approximate surface area is 96.3 Å². The molecule has 1 rings (SSSR count). The van der Waals surface area contributed by atoms with Crippen molar-refractivity contribution in [3.05, 3.63) is 43.0 Å². The molecule has 0 aliphatic carbocycles. The second-order valence-electron chi connectivity index (χ2n) is 3.78. The summed E-state index contributed by atoms with van der Waals surface area (Å²) in [5, 5.41) is 9.79. The van der Waals surface area contributed by atoms with Crippen LogP contribution < -0.4 is 4.74 Å². The number of hydrogen-bond acceptors (Lipinski definition) is 3. The molecule has 0 radical (unpaired) electrons. The molecule has 1 N–H and O–H groups in total. The summed E-state index contributed by atoms with van der Waals surface area (Å²) in [6.07, 6.45) is 1.45. The van der Waals surface area contributed by atoms with Crippen molar-refractivity contribution in [3.8, 4) is 5.75 Å². The van der Waals surface area contributed by atoms with Gasteiger partial charge in [0.1, 0.15) is 5.75 Å². The lowest BCUT2D eigenvalue weighted by atomic mass is 10.2. The SMILES string of the molecule is C=CCC(C)(O)OC(C)Oc1ccccc1. The van der Waals surface area contributed by atoms with E-state index in [0.29, 0.717) is 12.2 Å². The summed E-state index contributed by atoms with van der Waals surface area (Å²) >= 11 is 0. The van der Waals surface area contributed by atoms with Gasteiger partial charge < -0.3 is 14.6 Å². The Morgan fingerprint density at radius 1 is 1.44 bits per heavy atom. The van der Waals surface area contributed by atoms with Gasteiger partial charge in [-0.3, -0.25) is 0 Å². The highest BCUT2D eigenvalue weighted by Crippen LogP contribution is 2.17. The van der Waals surface area contributed by atoms with E-state index < -0.39 is 12.1 Å². The summed E-state index contributed by atoms with van der Waals surface area (Å²) in [6, 6.07) is 9.34. The predicted molar refractivity (Wildman–Crippen MR) is 63.1 cm³/mol. The van der Waals surface area contributed by atoms with Gasteiger partial charge in [0.15, 0.2) is 12.1 Å². The fourth-order valence-corrected chi connectivity index (χ4v) is 1.39. The lowest BCUT2D eigenvalue weighted by Crippen LogP contribution is -2.34. The normalized spacial score (nSPS) is 16.2. The number of hydrogen-bond donors (Lipinski definition) is 1. The second-order valence-corrected chi connectivity index (χ2v) is 3.78. The predicted octanol–water partition coefficient (Wildman–Crippen LogP) is 2.71. The third-order valence-electron chi connectivity index (χ3n) is 1.99. The molecule has 0 aliphatic rings. The van der Waals surface area contributed by atoms with Crippen LogP contribution in [0, 0.1) is 0 Å². The first-order valence-corrected chi connectivity index (χ1v) is 5.26. The third kappa shape index (κ3) is 4.47. The Morgan fingerprint density at radius 3 is 2.62 bits per heavy atom. The van der Waals surface area contributed by atoms with E-state index in [-0.39, 0.29) is 0 Å². The highest BCUT2D eigenvalue weighted by atomic mass is 16.7.